The predicted octanol–water partition coefficient (Wildman–Crippen LogP) is 1.99. The summed E-state index contributed by atoms with van der Waals surface area (Å²) in [6.45, 7) is 0.263. The first-order valence-corrected chi connectivity index (χ1v) is 10.3. The quantitative estimate of drug-likeness (QED) is 0.274. The number of thioether (sulfide) groups is 1. The van der Waals surface area contributed by atoms with E-state index in [9.17, 15) is 14.4 Å². The van der Waals surface area contributed by atoms with Crippen LogP contribution in [0.4, 0.5) is 0 Å². The molecule has 2 aromatic carbocycles. The highest BCUT2D eigenvalue weighted by Crippen LogP contribution is 2.23. The van der Waals surface area contributed by atoms with Gasteiger partial charge in [-0.2, -0.15) is 5.10 Å². The van der Waals surface area contributed by atoms with E-state index >= 15 is 0 Å². The van der Waals surface area contributed by atoms with E-state index in [1.165, 1.54) is 13.3 Å². The molecule has 0 unspecified atom stereocenters. The van der Waals surface area contributed by atoms with Gasteiger partial charge in [0, 0.05) is 18.2 Å². The topological polar surface area (TPSA) is 118 Å². The molecule has 0 radical (unpaired) electrons. The van der Waals surface area contributed by atoms with Gasteiger partial charge in [0.1, 0.15) is 5.75 Å². The minimum Gasteiger partial charge on any atom is -0.483 e. The number of nitrogens with one attached hydrogen (secondary N) is 2. The molecule has 1 heterocycles. The maximum Gasteiger partial charge on any atom is 0.331 e. The maximum absolute atomic E-state index is 12.1. The van der Waals surface area contributed by atoms with E-state index in [0.29, 0.717) is 17.9 Å². The standard InChI is InChI=1S/C22H20N4O5S/c1-30-20(28)11-18-21(29)25-22(32-18)26-24-13-16-9-5-6-10-17(16)31-14-19(27)23-12-15-7-3-2-4-8-15/h2-11,13H,12,14H2,1H3,(H,23,27)(H,25,26,29)/b18-11+,24-13?. The van der Waals surface area contributed by atoms with Gasteiger partial charge in [0.15, 0.2) is 11.8 Å². The zero-order valence-electron chi connectivity index (χ0n) is 17.1. The largest absolute Gasteiger partial charge is 0.483 e. The lowest BCUT2D eigenvalue weighted by Crippen LogP contribution is -2.28. The van der Waals surface area contributed by atoms with Crippen molar-refractivity contribution in [1.29, 1.82) is 0 Å². The molecule has 2 aromatic rings. The van der Waals surface area contributed by atoms with Gasteiger partial charge in [0.2, 0.25) is 0 Å². The summed E-state index contributed by atoms with van der Waals surface area (Å²) in [5.74, 6) is -0.887. The molecule has 0 saturated carbocycles. The number of carbonyl (C=O) groups is 3. The highest BCUT2D eigenvalue weighted by molar-refractivity contribution is 8.18. The lowest BCUT2D eigenvalue weighted by molar-refractivity contribution is -0.135. The highest BCUT2D eigenvalue weighted by Gasteiger charge is 2.25. The zero-order chi connectivity index (χ0) is 22.8. The van der Waals surface area contributed by atoms with Crippen LogP contribution in [0.5, 0.6) is 5.75 Å². The smallest absolute Gasteiger partial charge is 0.331 e. The van der Waals surface area contributed by atoms with Crippen molar-refractivity contribution in [3.63, 3.8) is 0 Å². The van der Waals surface area contributed by atoms with Crippen molar-refractivity contribution in [2.75, 3.05) is 13.7 Å². The number of hydrogen-bond acceptors (Lipinski definition) is 8. The highest BCUT2D eigenvalue weighted by atomic mass is 32.2. The molecule has 0 spiro atoms. The molecule has 2 N–H and O–H groups in total. The van der Waals surface area contributed by atoms with Gasteiger partial charge in [-0.3, -0.25) is 14.9 Å². The third-order valence-electron chi connectivity index (χ3n) is 4.06. The van der Waals surface area contributed by atoms with Crippen LogP contribution >= 0.6 is 11.8 Å². The molecule has 164 valence electrons. The van der Waals surface area contributed by atoms with Crippen LogP contribution in [-0.2, 0) is 25.7 Å². The van der Waals surface area contributed by atoms with Crippen molar-refractivity contribution >= 4 is 40.9 Å². The van der Waals surface area contributed by atoms with Crippen LogP contribution in [0.1, 0.15) is 11.1 Å². The number of esters is 1. The molecule has 1 saturated heterocycles. The van der Waals surface area contributed by atoms with Crippen LogP contribution in [0.25, 0.3) is 0 Å². The van der Waals surface area contributed by atoms with Crippen molar-refractivity contribution in [3.8, 4) is 5.75 Å². The van der Waals surface area contributed by atoms with Crippen LogP contribution in [0.3, 0.4) is 0 Å². The molecule has 2 amide bonds. The summed E-state index contributed by atoms with van der Waals surface area (Å²) in [5, 5.41) is 13.4. The average molecular weight is 452 g/mol. The number of benzene rings is 2. The minimum absolute atomic E-state index is 0.153. The summed E-state index contributed by atoms with van der Waals surface area (Å²) in [5.41, 5.74) is 1.60. The Bertz CT molecular complexity index is 1080. The number of nitrogens with zero attached hydrogens (tertiary/aromatic N) is 2. The summed E-state index contributed by atoms with van der Waals surface area (Å²) < 4.78 is 10.1. The Kier molecular flexibility index (Phi) is 8.15. The summed E-state index contributed by atoms with van der Waals surface area (Å²) in [6, 6.07) is 16.6. The molecule has 1 aliphatic heterocycles. The third kappa shape index (κ3) is 6.81. The van der Waals surface area contributed by atoms with Crippen molar-refractivity contribution in [3.05, 3.63) is 76.7 Å². The fraction of sp³-hybridized carbons (Fsp3) is 0.136. The molecule has 0 atom stereocenters. The van der Waals surface area contributed by atoms with Gasteiger partial charge in [0.05, 0.1) is 18.2 Å². The van der Waals surface area contributed by atoms with Gasteiger partial charge in [-0.15, -0.1) is 5.10 Å². The molecule has 0 aromatic heterocycles. The van der Waals surface area contributed by atoms with Crippen molar-refractivity contribution in [2.24, 2.45) is 10.2 Å². The number of carbonyl (C=O) groups excluding carboxylic acids is 3. The van der Waals surface area contributed by atoms with Crippen LogP contribution in [0.2, 0.25) is 0 Å². The van der Waals surface area contributed by atoms with Gasteiger partial charge >= 0.3 is 5.97 Å². The first-order chi connectivity index (χ1) is 15.5. The average Bonchev–Trinajstić information content (AvgIpc) is 3.16. The molecular formula is C22H20N4O5S. The Balaban J connectivity index is 1.56. The number of amidine groups is 1. The van der Waals surface area contributed by atoms with Crippen LogP contribution in [0, 0.1) is 0 Å². The lowest BCUT2D eigenvalue weighted by atomic mass is 10.2. The van der Waals surface area contributed by atoms with E-state index < -0.39 is 11.9 Å². The summed E-state index contributed by atoms with van der Waals surface area (Å²) in [4.78, 5) is 35.3. The number of ether oxygens (including phenoxy) is 2. The summed E-state index contributed by atoms with van der Waals surface area (Å²) >= 11 is 0.971. The van der Waals surface area contributed by atoms with Crippen molar-refractivity contribution in [1.82, 2.24) is 10.6 Å². The molecule has 0 aliphatic carbocycles. The Morgan fingerprint density at radius 3 is 2.66 bits per heavy atom. The van der Waals surface area contributed by atoms with Gasteiger partial charge in [-0.1, -0.05) is 42.5 Å². The second-order valence-corrected chi connectivity index (χ2v) is 7.36. The number of rotatable bonds is 8. The SMILES string of the molecule is COC(=O)/C=C1/S/C(=N\N=Cc2ccccc2OCC(=O)NCc2ccccc2)NC1=O. The molecular weight excluding hydrogens is 432 g/mol. The fourth-order valence-corrected chi connectivity index (χ4v) is 3.23. The Morgan fingerprint density at radius 1 is 1.12 bits per heavy atom. The number of hydrogen-bond donors (Lipinski definition) is 2. The third-order valence-corrected chi connectivity index (χ3v) is 4.96. The Hall–Kier alpha value is -3.92. The summed E-state index contributed by atoms with van der Waals surface area (Å²) in [6.07, 6.45) is 2.52. The van der Waals surface area contributed by atoms with E-state index in [-0.39, 0.29) is 22.6 Å². The Labute approximate surface area is 188 Å². The summed E-state index contributed by atoms with van der Waals surface area (Å²) in [7, 11) is 1.22. The van der Waals surface area contributed by atoms with E-state index in [4.69, 9.17) is 4.74 Å². The molecule has 10 heteroatoms. The molecule has 1 fully saturated rings. The molecule has 0 bridgehead atoms. The minimum atomic E-state index is -0.633. The van der Waals surface area contributed by atoms with Crippen molar-refractivity contribution in [2.45, 2.75) is 6.54 Å². The van der Waals surface area contributed by atoms with E-state index in [1.807, 2.05) is 30.3 Å². The predicted molar refractivity (Wildman–Crippen MR) is 121 cm³/mol. The first-order valence-electron chi connectivity index (χ1n) is 9.47. The number of para-hydroxylation sites is 1. The molecule has 1 aliphatic rings. The van der Waals surface area contributed by atoms with Crippen molar-refractivity contribution < 1.29 is 23.9 Å². The van der Waals surface area contributed by atoms with Crippen LogP contribution in [0.15, 0.2) is 75.8 Å². The monoisotopic (exact) mass is 452 g/mol. The molecule has 3 rings (SSSR count). The van der Waals surface area contributed by atoms with E-state index in [2.05, 4.69) is 25.6 Å². The zero-order valence-corrected chi connectivity index (χ0v) is 17.9. The van der Waals surface area contributed by atoms with E-state index in [0.717, 1.165) is 23.4 Å². The second kappa shape index (κ2) is 11.5. The van der Waals surface area contributed by atoms with Gasteiger partial charge < -0.3 is 14.8 Å². The normalized spacial score (nSPS) is 15.7. The Morgan fingerprint density at radius 2 is 1.88 bits per heavy atom. The molecule has 32 heavy (non-hydrogen) atoms. The van der Waals surface area contributed by atoms with E-state index in [1.54, 1.807) is 24.3 Å². The number of amides is 2. The fourth-order valence-electron chi connectivity index (χ4n) is 2.49. The number of methoxy groups -OCH3 is 1. The first kappa shape index (κ1) is 22.8. The van der Waals surface area contributed by atoms with Gasteiger partial charge in [-0.05, 0) is 29.5 Å². The van der Waals surface area contributed by atoms with Gasteiger partial charge in [0.25, 0.3) is 11.8 Å². The van der Waals surface area contributed by atoms with Gasteiger partial charge in [-0.25, -0.2) is 4.79 Å². The maximum atomic E-state index is 12.1. The second-order valence-electron chi connectivity index (χ2n) is 6.33. The van der Waals surface area contributed by atoms with Crippen LogP contribution < -0.4 is 15.4 Å². The molecule has 9 nitrogen and oxygen atoms in total. The van der Waals surface area contributed by atoms with Crippen LogP contribution in [-0.4, -0.2) is 42.9 Å². The lowest BCUT2D eigenvalue weighted by Gasteiger charge is -2.09.